The summed E-state index contributed by atoms with van der Waals surface area (Å²) in [7, 11) is 0. The van der Waals surface area contributed by atoms with E-state index in [1.54, 1.807) is 0 Å². The van der Waals surface area contributed by atoms with Gasteiger partial charge in [-0.05, 0) is 43.1 Å². The van der Waals surface area contributed by atoms with Crippen LogP contribution in [0.2, 0.25) is 0 Å². The van der Waals surface area contributed by atoms with Gasteiger partial charge in [-0.3, -0.25) is 4.90 Å². The fourth-order valence-electron chi connectivity index (χ4n) is 2.13. The fraction of sp³-hybridized carbons (Fsp3) is 0.500. The van der Waals surface area contributed by atoms with Crippen molar-refractivity contribution < 1.29 is 0 Å². The van der Waals surface area contributed by atoms with E-state index in [1.807, 2.05) is 0 Å². The minimum atomic E-state index is 0.793. The molecule has 0 amide bonds. The van der Waals surface area contributed by atoms with E-state index in [-0.39, 0.29) is 0 Å². The third kappa shape index (κ3) is 2.60. The fourth-order valence-corrected chi connectivity index (χ4v) is 2.73. The maximum absolute atomic E-state index is 5.53. The standard InChI is InChI=1S/C12H17BrN2/c13-12-4-1-3-10-9-15(7-2-6-14)8-5-11(10)12/h1,3-4H,2,5-9,14H2. The number of hydrogen-bond acceptors (Lipinski definition) is 2. The summed E-state index contributed by atoms with van der Waals surface area (Å²) >= 11 is 3.62. The van der Waals surface area contributed by atoms with Crippen molar-refractivity contribution in [2.45, 2.75) is 19.4 Å². The van der Waals surface area contributed by atoms with E-state index in [0.29, 0.717) is 0 Å². The summed E-state index contributed by atoms with van der Waals surface area (Å²) in [5, 5.41) is 0. The molecule has 0 atom stereocenters. The van der Waals surface area contributed by atoms with Gasteiger partial charge >= 0.3 is 0 Å². The molecule has 0 radical (unpaired) electrons. The van der Waals surface area contributed by atoms with Crippen molar-refractivity contribution in [3.05, 3.63) is 33.8 Å². The van der Waals surface area contributed by atoms with Gasteiger partial charge in [0.2, 0.25) is 0 Å². The largest absolute Gasteiger partial charge is 0.330 e. The first kappa shape index (κ1) is 11.1. The third-order valence-corrected chi connectivity index (χ3v) is 3.71. The highest BCUT2D eigenvalue weighted by molar-refractivity contribution is 9.10. The number of fused-ring (bicyclic) bond motifs is 1. The average molecular weight is 269 g/mol. The Kier molecular flexibility index (Phi) is 3.78. The molecule has 0 aliphatic carbocycles. The molecule has 1 aromatic carbocycles. The third-order valence-electron chi connectivity index (χ3n) is 2.97. The Morgan fingerprint density at radius 1 is 1.40 bits per heavy atom. The molecule has 1 aromatic rings. The lowest BCUT2D eigenvalue weighted by molar-refractivity contribution is 0.252. The second-order valence-corrected chi connectivity index (χ2v) is 4.90. The minimum Gasteiger partial charge on any atom is -0.330 e. The highest BCUT2D eigenvalue weighted by Gasteiger charge is 2.16. The molecule has 0 bridgehead atoms. The van der Waals surface area contributed by atoms with Gasteiger partial charge in [-0.1, -0.05) is 28.1 Å². The lowest BCUT2D eigenvalue weighted by atomic mass is 10.00. The molecule has 2 nitrogen and oxygen atoms in total. The van der Waals surface area contributed by atoms with Crippen molar-refractivity contribution in [1.29, 1.82) is 0 Å². The van der Waals surface area contributed by atoms with Crippen LogP contribution in [-0.2, 0) is 13.0 Å². The van der Waals surface area contributed by atoms with Gasteiger partial charge < -0.3 is 5.73 Å². The summed E-state index contributed by atoms with van der Waals surface area (Å²) in [5.41, 5.74) is 8.48. The predicted octanol–water partition coefficient (Wildman–Crippen LogP) is 2.16. The van der Waals surface area contributed by atoms with Gasteiger partial charge in [0.05, 0.1) is 0 Å². The maximum Gasteiger partial charge on any atom is 0.0237 e. The number of rotatable bonds is 3. The molecular weight excluding hydrogens is 252 g/mol. The van der Waals surface area contributed by atoms with E-state index in [0.717, 1.165) is 39.0 Å². The summed E-state index contributed by atoms with van der Waals surface area (Å²) in [6.07, 6.45) is 2.25. The molecule has 0 saturated heterocycles. The molecule has 2 N–H and O–H groups in total. The number of halogens is 1. The maximum atomic E-state index is 5.53. The zero-order valence-electron chi connectivity index (χ0n) is 8.88. The SMILES string of the molecule is NCCCN1CCc2c(Br)cccc2C1. The lowest BCUT2D eigenvalue weighted by Gasteiger charge is -2.29. The molecule has 1 heterocycles. The monoisotopic (exact) mass is 268 g/mol. The van der Waals surface area contributed by atoms with E-state index in [4.69, 9.17) is 5.73 Å². The Bertz CT molecular complexity index is 338. The van der Waals surface area contributed by atoms with E-state index in [2.05, 4.69) is 39.0 Å². The first-order chi connectivity index (χ1) is 7.31. The van der Waals surface area contributed by atoms with E-state index < -0.39 is 0 Å². The van der Waals surface area contributed by atoms with E-state index >= 15 is 0 Å². The molecule has 0 fully saturated rings. The summed E-state index contributed by atoms with van der Waals surface area (Å²) in [6, 6.07) is 6.48. The van der Waals surface area contributed by atoms with Gasteiger partial charge in [0.1, 0.15) is 0 Å². The summed E-state index contributed by atoms with van der Waals surface area (Å²) in [5.74, 6) is 0. The average Bonchev–Trinajstić information content (AvgIpc) is 2.26. The molecule has 82 valence electrons. The van der Waals surface area contributed by atoms with Gasteiger partial charge in [0.25, 0.3) is 0 Å². The molecule has 15 heavy (non-hydrogen) atoms. The molecule has 0 saturated carbocycles. The molecule has 0 spiro atoms. The summed E-state index contributed by atoms with van der Waals surface area (Å²) in [4.78, 5) is 2.49. The van der Waals surface area contributed by atoms with Gasteiger partial charge in [-0.25, -0.2) is 0 Å². The van der Waals surface area contributed by atoms with E-state index in [1.165, 1.54) is 15.6 Å². The van der Waals surface area contributed by atoms with Crippen LogP contribution < -0.4 is 5.73 Å². The quantitative estimate of drug-likeness (QED) is 0.911. The normalized spacial score (nSPS) is 16.4. The summed E-state index contributed by atoms with van der Waals surface area (Å²) in [6.45, 7) is 4.16. The molecule has 3 heteroatoms. The molecule has 0 aromatic heterocycles. The zero-order chi connectivity index (χ0) is 10.7. The van der Waals surface area contributed by atoms with Crippen LogP contribution in [0.5, 0.6) is 0 Å². The van der Waals surface area contributed by atoms with Crippen LogP contribution in [0.25, 0.3) is 0 Å². The first-order valence-electron chi connectivity index (χ1n) is 5.50. The van der Waals surface area contributed by atoms with Crippen molar-refractivity contribution in [1.82, 2.24) is 4.90 Å². The molecule has 2 rings (SSSR count). The van der Waals surface area contributed by atoms with Crippen LogP contribution in [0.3, 0.4) is 0 Å². The van der Waals surface area contributed by atoms with Gasteiger partial charge in [0.15, 0.2) is 0 Å². The number of nitrogens with two attached hydrogens (primary N) is 1. The Labute approximate surface area is 99.6 Å². The molecule has 1 aliphatic heterocycles. The Morgan fingerprint density at radius 3 is 3.07 bits per heavy atom. The van der Waals surface area contributed by atoms with E-state index in [9.17, 15) is 0 Å². The number of benzene rings is 1. The van der Waals surface area contributed by atoms with Crippen LogP contribution in [0.4, 0.5) is 0 Å². The zero-order valence-corrected chi connectivity index (χ0v) is 10.5. The topological polar surface area (TPSA) is 29.3 Å². The molecular formula is C12H17BrN2. The number of hydrogen-bond donors (Lipinski definition) is 1. The van der Waals surface area contributed by atoms with Crippen molar-refractivity contribution in [2.24, 2.45) is 5.73 Å². The van der Waals surface area contributed by atoms with Crippen LogP contribution in [0.1, 0.15) is 17.5 Å². The van der Waals surface area contributed by atoms with Crippen molar-refractivity contribution >= 4 is 15.9 Å². The minimum absolute atomic E-state index is 0.793. The van der Waals surface area contributed by atoms with Crippen LogP contribution in [-0.4, -0.2) is 24.5 Å². The van der Waals surface area contributed by atoms with Crippen LogP contribution in [0.15, 0.2) is 22.7 Å². The van der Waals surface area contributed by atoms with Gasteiger partial charge in [-0.2, -0.15) is 0 Å². The second kappa shape index (κ2) is 5.10. The Balaban J connectivity index is 2.07. The highest BCUT2D eigenvalue weighted by Crippen LogP contribution is 2.26. The lowest BCUT2D eigenvalue weighted by Crippen LogP contribution is -2.32. The van der Waals surface area contributed by atoms with Gasteiger partial charge in [-0.15, -0.1) is 0 Å². The Hall–Kier alpha value is -0.380. The molecule has 1 aliphatic rings. The van der Waals surface area contributed by atoms with Crippen molar-refractivity contribution in [2.75, 3.05) is 19.6 Å². The first-order valence-corrected chi connectivity index (χ1v) is 6.29. The smallest absolute Gasteiger partial charge is 0.0237 e. The number of nitrogens with zero attached hydrogens (tertiary/aromatic N) is 1. The van der Waals surface area contributed by atoms with Crippen molar-refractivity contribution in [3.8, 4) is 0 Å². The summed E-state index contributed by atoms with van der Waals surface area (Å²) < 4.78 is 1.26. The Morgan fingerprint density at radius 2 is 2.27 bits per heavy atom. The van der Waals surface area contributed by atoms with Crippen LogP contribution >= 0.6 is 15.9 Å². The second-order valence-electron chi connectivity index (χ2n) is 4.05. The predicted molar refractivity (Wildman–Crippen MR) is 66.8 cm³/mol. The molecule has 0 unspecified atom stereocenters. The van der Waals surface area contributed by atoms with Gasteiger partial charge in [0, 0.05) is 17.6 Å². The van der Waals surface area contributed by atoms with Crippen LogP contribution in [0, 0.1) is 0 Å². The van der Waals surface area contributed by atoms with Crippen molar-refractivity contribution in [3.63, 3.8) is 0 Å². The highest BCUT2D eigenvalue weighted by atomic mass is 79.9.